The van der Waals surface area contributed by atoms with E-state index in [1.807, 2.05) is 4.57 Å². The van der Waals surface area contributed by atoms with Crippen LogP contribution in [0.4, 0.5) is 10.3 Å². The Morgan fingerprint density at radius 1 is 1.04 bits per heavy atom. The van der Waals surface area contributed by atoms with E-state index < -0.39 is 5.82 Å². The summed E-state index contributed by atoms with van der Waals surface area (Å²) in [5, 5.41) is 26.2. The lowest BCUT2D eigenvalue weighted by atomic mass is 9.75. The number of nitrogens with zero attached hydrogens (tertiary/aromatic N) is 6. The maximum absolute atomic E-state index is 14.8. The summed E-state index contributed by atoms with van der Waals surface area (Å²) in [5.74, 6) is 3.23. The Bertz CT molecular complexity index is 1950. The fraction of sp³-hybridized carbons (Fsp3) is 0.553. The zero-order valence-electron chi connectivity index (χ0n) is 27.9. The molecule has 1 spiro atoms. The standard InChI is InChI=1S/C38H44FN7O3/c1-2-29-30(39)8-5-24-16-28(47)17-25(32(24)29)18-46-23-40-33-34(46)42-36(45-19-26-6-7-27(20-45)41-26)43-35(33)49-22-37(10-11-37)21-44-14-12-38(13-15-44)9-3-4-31(38)48/h1,5,8,16-17,23,26-27,31,41,47-48H,3-4,6-7,9-15,18-22H2/t26-,27+,31?. The largest absolute Gasteiger partial charge is 0.508 e. The minimum Gasteiger partial charge on any atom is -0.508 e. The summed E-state index contributed by atoms with van der Waals surface area (Å²) < 4.78 is 23.4. The number of halogens is 1. The van der Waals surface area contributed by atoms with Crippen molar-refractivity contribution in [3.05, 3.63) is 47.5 Å². The molecule has 2 aliphatic carbocycles. The van der Waals surface area contributed by atoms with Crippen LogP contribution >= 0.6 is 0 Å². The number of anilines is 1. The molecular formula is C38H44FN7O3. The molecule has 5 fully saturated rings. The van der Waals surface area contributed by atoms with Crippen molar-refractivity contribution in [3.63, 3.8) is 0 Å². The fourth-order valence-corrected chi connectivity index (χ4v) is 9.27. The SMILES string of the molecule is C#Cc1c(F)ccc2cc(O)cc(Cn3cnc4c(OCC5(CN6CCC7(CCCC7O)CC6)CC5)nc(N5C[C@H]6CC[C@@H](C5)N6)nc43)c12. The lowest BCUT2D eigenvalue weighted by Crippen LogP contribution is -2.51. The fourth-order valence-electron chi connectivity index (χ4n) is 9.27. The highest BCUT2D eigenvalue weighted by Crippen LogP contribution is 2.50. The van der Waals surface area contributed by atoms with Crippen LogP contribution in [0.25, 0.3) is 21.9 Å². The van der Waals surface area contributed by atoms with E-state index in [2.05, 4.69) is 21.0 Å². The quantitative estimate of drug-likeness (QED) is 0.233. The Kier molecular flexibility index (Phi) is 7.49. The van der Waals surface area contributed by atoms with E-state index >= 15 is 0 Å². The van der Waals surface area contributed by atoms with Gasteiger partial charge in [-0.1, -0.05) is 18.4 Å². The number of aliphatic hydroxyl groups excluding tert-OH is 1. The van der Waals surface area contributed by atoms with Gasteiger partial charge in [-0.05, 0) is 99.0 Å². The highest BCUT2D eigenvalue weighted by Gasteiger charge is 2.48. The minimum atomic E-state index is -0.472. The number of piperazine rings is 1. The van der Waals surface area contributed by atoms with Gasteiger partial charge < -0.3 is 34.6 Å². The number of likely N-dealkylation sites (tertiary alicyclic amines) is 1. The van der Waals surface area contributed by atoms with Crippen LogP contribution in [0.15, 0.2) is 30.6 Å². The number of terminal acetylenes is 1. The predicted octanol–water partition coefficient (Wildman–Crippen LogP) is 4.58. The van der Waals surface area contributed by atoms with Gasteiger partial charge in [-0.25, -0.2) is 9.37 Å². The minimum absolute atomic E-state index is 0.0788. The van der Waals surface area contributed by atoms with Crippen LogP contribution < -0.4 is 15.0 Å². The van der Waals surface area contributed by atoms with Gasteiger partial charge >= 0.3 is 0 Å². The molecule has 1 unspecified atom stereocenters. The number of imidazole rings is 1. The third-order valence-corrected chi connectivity index (χ3v) is 12.3. The molecule has 10 nitrogen and oxygen atoms in total. The predicted molar refractivity (Wildman–Crippen MR) is 185 cm³/mol. The van der Waals surface area contributed by atoms with Crippen molar-refractivity contribution < 1.29 is 19.3 Å². The van der Waals surface area contributed by atoms with E-state index in [0.29, 0.717) is 58.0 Å². The number of nitrogens with one attached hydrogen (secondary N) is 1. The second kappa shape index (κ2) is 11.8. The first kappa shape index (κ1) is 31.0. The molecule has 4 aromatic rings. The molecule has 2 aromatic carbocycles. The molecule has 256 valence electrons. The Labute approximate surface area is 285 Å². The molecule has 9 rings (SSSR count). The Hall–Kier alpha value is -3.98. The van der Waals surface area contributed by atoms with Crippen molar-refractivity contribution in [1.29, 1.82) is 0 Å². The lowest BCUT2D eigenvalue weighted by molar-refractivity contribution is -0.00655. The van der Waals surface area contributed by atoms with Gasteiger partial charge in [0.1, 0.15) is 11.6 Å². The normalized spacial score (nSPS) is 25.7. The average molecular weight is 666 g/mol. The number of aliphatic hydroxyl groups is 1. The number of hydrogen-bond acceptors (Lipinski definition) is 9. The Morgan fingerprint density at radius 3 is 2.55 bits per heavy atom. The van der Waals surface area contributed by atoms with Crippen LogP contribution in [0.1, 0.15) is 68.9 Å². The van der Waals surface area contributed by atoms with Crippen LogP contribution in [0.2, 0.25) is 0 Å². The first-order valence-corrected chi connectivity index (χ1v) is 18.0. The number of fused-ring (bicyclic) bond motifs is 4. The number of phenols is 1. The van der Waals surface area contributed by atoms with Gasteiger partial charge in [-0.3, -0.25) is 0 Å². The highest BCUT2D eigenvalue weighted by molar-refractivity contribution is 5.92. The summed E-state index contributed by atoms with van der Waals surface area (Å²) in [6, 6.07) is 7.03. The van der Waals surface area contributed by atoms with E-state index in [9.17, 15) is 14.6 Å². The van der Waals surface area contributed by atoms with E-state index in [-0.39, 0.29) is 34.8 Å². The zero-order chi connectivity index (χ0) is 33.3. The average Bonchev–Trinajstić information content (AvgIpc) is 3.40. The molecule has 0 radical (unpaired) electrons. The molecule has 11 heteroatoms. The van der Waals surface area contributed by atoms with Crippen molar-refractivity contribution in [1.82, 2.24) is 29.7 Å². The third kappa shape index (κ3) is 5.58. The van der Waals surface area contributed by atoms with Crippen molar-refractivity contribution in [2.75, 3.05) is 44.2 Å². The number of ether oxygens (including phenoxy) is 1. The Morgan fingerprint density at radius 2 is 1.84 bits per heavy atom. The van der Waals surface area contributed by atoms with Crippen LogP contribution in [-0.4, -0.2) is 92.2 Å². The van der Waals surface area contributed by atoms with Gasteiger partial charge in [0.15, 0.2) is 11.2 Å². The maximum atomic E-state index is 14.8. The second-order valence-electron chi connectivity index (χ2n) is 15.5. The number of piperidine rings is 1. The molecule has 2 bridgehead atoms. The summed E-state index contributed by atoms with van der Waals surface area (Å²) >= 11 is 0. The summed E-state index contributed by atoms with van der Waals surface area (Å²) in [4.78, 5) is 19.7. The van der Waals surface area contributed by atoms with Crippen LogP contribution in [-0.2, 0) is 6.54 Å². The first-order chi connectivity index (χ1) is 23.8. The van der Waals surface area contributed by atoms with Crippen LogP contribution in [0.3, 0.4) is 0 Å². The number of hydrogen-bond donors (Lipinski definition) is 3. The summed E-state index contributed by atoms with van der Waals surface area (Å²) in [6.07, 6.45) is 17.3. The van der Waals surface area contributed by atoms with E-state index in [1.54, 1.807) is 24.5 Å². The molecule has 3 saturated heterocycles. The monoisotopic (exact) mass is 665 g/mol. The van der Waals surface area contributed by atoms with Gasteiger partial charge in [0.25, 0.3) is 0 Å². The molecule has 2 saturated carbocycles. The van der Waals surface area contributed by atoms with Gasteiger partial charge in [-0.2, -0.15) is 9.97 Å². The number of aromatic hydroxyl groups is 1. The van der Waals surface area contributed by atoms with E-state index in [4.69, 9.17) is 26.1 Å². The molecule has 49 heavy (non-hydrogen) atoms. The summed E-state index contributed by atoms with van der Waals surface area (Å²) in [6.45, 7) is 5.55. The highest BCUT2D eigenvalue weighted by atomic mass is 19.1. The van der Waals surface area contributed by atoms with Gasteiger partial charge in [0.2, 0.25) is 11.8 Å². The second-order valence-corrected chi connectivity index (χ2v) is 15.5. The number of benzene rings is 2. The van der Waals surface area contributed by atoms with Gasteiger partial charge in [0, 0.05) is 42.5 Å². The molecule has 3 atom stereocenters. The molecule has 3 N–H and O–H groups in total. The van der Waals surface area contributed by atoms with Crippen LogP contribution in [0, 0.1) is 29.0 Å². The van der Waals surface area contributed by atoms with Crippen molar-refractivity contribution in [3.8, 4) is 24.0 Å². The summed E-state index contributed by atoms with van der Waals surface area (Å²) in [7, 11) is 0. The van der Waals surface area contributed by atoms with E-state index in [0.717, 1.165) is 90.5 Å². The molecule has 5 aliphatic rings. The molecule has 5 heterocycles. The van der Waals surface area contributed by atoms with Gasteiger partial charge in [0.05, 0.1) is 31.1 Å². The summed E-state index contributed by atoms with van der Waals surface area (Å²) in [5.41, 5.74) is 2.28. The molecule has 0 amide bonds. The third-order valence-electron chi connectivity index (χ3n) is 12.3. The molecule has 3 aliphatic heterocycles. The zero-order valence-corrected chi connectivity index (χ0v) is 27.9. The Balaban J connectivity index is 1.01. The van der Waals surface area contributed by atoms with Crippen molar-refractivity contribution in [2.24, 2.45) is 10.8 Å². The van der Waals surface area contributed by atoms with Gasteiger partial charge in [-0.15, -0.1) is 6.42 Å². The smallest absolute Gasteiger partial charge is 0.247 e. The van der Waals surface area contributed by atoms with E-state index in [1.165, 1.54) is 6.07 Å². The van der Waals surface area contributed by atoms with Crippen molar-refractivity contribution >= 4 is 27.9 Å². The number of phenolic OH excluding ortho intramolecular Hbond substituents is 1. The molecular weight excluding hydrogens is 621 g/mol. The maximum Gasteiger partial charge on any atom is 0.247 e. The van der Waals surface area contributed by atoms with Crippen molar-refractivity contribution in [2.45, 2.75) is 82.5 Å². The first-order valence-electron chi connectivity index (χ1n) is 18.0. The lowest BCUT2D eigenvalue weighted by Gasteiger charge is -2.42. The topological polar surface area (TPSA) is 112 Å². The van der Waals surface area contributed by atoms with Crippen LogP contribution in [0.5, 0.6) is 11.6 Å². The number of rotatable bonds is 8. The molecule has 2 aromatic heterocycles. The number of aromatic nitrogens is 4.